The second kappa shape index (κ2) is 7.89. The highest BCUT2D eigenvalue weighted by atomic mass is 79.9. The van der Waals surface area contributed by atoms with Gasteiger partial charge in [0, 0.05) is 27.9 Å². The lowest BCUT2D eigenvalue weighted by Gasteiger charge is -2.14. The molecule has 144 valence electrons. The van der Waals surface area contributed by atoms with Crippen LogP contribution in [0.25, 0.3) is 11.3 Å². The van der Waals surface area contributed by atoms with Gasteiger partial charge in [-0.25, -0.2) is 4.98 Å². The molecule has 2 aromatic heterocycles. The molecule has 0 saturated carbocycles. The molecule has 0 spiro atoms. The Labute approximate surface area is 174 Å². The number of benzene rings is 1. The van der Waals surface area contributed by atoms with Crippen LogP contribution >= 0.6 is 27.3 Å². The molecule has 3 aromatic rings. The quantitative estimate of drug-likeness (QED) is 0.610. The first kappa shape index (κ1) is 18.9. The summed E-state index contributed by atoms with van der Waals surface area (Å²) in [5.74, 6) is 0.112. The average Bonchev–Trinajstić information content (AvgIpc) is 3.38. The van der Waals surface area contributed by atoms with Crippen molar-refractivity contribution in [2.45, 2.75) is 19.9 Å². The van der Waals surface area contributed by atoms with Crippen molar-refractivity contribution >= 4 is 44.2 Å². The highest BCUT2D eigenvalue weighted by Gasteiger charge is 2.35. The number of furan rings is 1. The summed E-state index contributed by atoms with van der Waals surface area (Å²) >= 11 is 4.87. The molecule has 1 aliphatic heterocycles. The van der Waals surface area contributed by atoms with Crippen LogP contribution in [0.2, 0.25) is 0 Å². The molecule has 0 aliphatic carbocycles. The molecule has 1 unspecified atom stereocenters. The van der Waals surface area contributed by atoms with Gasteiger partial charge in [0.2, 0.25) is 11.8 Å². The van der Waals surface area contributed by atoms with E-state index in [1.807, 2.05) is 37.3 Å². The molecule has 2 amide bonds. The van der Waals surface area contributed by atoms with Crippen molar-refractivity contribution in [3.8, 4) is 11.3 Å². The summed E-state index contributed by atoms with van der Waals surface area (Å²) in [7, 11) is 0. The molecule has 4 rings (SSSR count). The molecule has 1 N–H and O–H groups in total. The maximum absolute atomic E-state index is 12.7. The molecule has 3 heterocycles. The number of halogens is 1. The summed E-state index contributed by atoms with van der Waals surface area (Å²) in [5, 5.41) is 3.44. The Morgan fingerprint density at radius 3 is 2.86 bits per heavy atom. The Morgan fingerprint density at radius 2 is 2.14 bits per heavy atom. The van der Waals surface area contributed by atoms with Gasteiger partial charge in [-0.3, -0.25) is 9.59 Å². The number of nitrogens with zero attached hydrogens (tertiary/aromatic N) is 2. The van der Waals surface area contributed by atoms with E-state index in [1.54, 1.807) is 17.2 Å². The normalized spacial score (nSPS) is 16.6. The lowest BCUT2D eigenvalue weighted by molar-refractivity contribution is -0.128. The van der Waals surface area contributed by atoms with E-state index < -0.39 is 0 Å². The van der Waals surface area contributed by atoms with Gasteiger partial charge < -0.3 is 14.6 Å². The lowest BCUT2D eigenvalue weighted by atomic mass is 10.1. The van der Waals surface area contributed by atoms with E-state index in [0.29, 0.717) is 24.0 Å². The summed E-state index contributed by atoms with van der Waals surface area (Å²) in [6.45, 7) is 2.75. The number of thiazole rings is 1. The van der Waals surface area contributed by atoms with Crippen molar-refractivity contribution in [3.05, 3.63) is 57.8 Å². The highest BCUT2D eigenvalue weighted by molar-refractivity contribution is 9.10. The second-order valence-corrected chi connectivity index (χ2v) is 8.79. The van der Waals surface area contributed by atoms with E-state index in [1.165, 1.54) is 11.3 Å². The number of aryl methyl sites for hydroxylation is 1. The van der Waals surface area contributed by atoms with Crippen LogP contribution < -0.4 is 5.32 Å². The molecule has 1 aliphatic rings. The predicted octanol–water partition coefficient (Wildman–Crippen LogP) is 4.46. The van der Waals surface area contributed by atoms with E-state index >= 15 is 0 Å². The van der Waals surface area contributed by atoms with E-state index in [4.69, 9.17) is 4.42 Å². The summed E-state index contributed by atoms with van der Waals surface area (Å²) in [6.07, 6.45) is 1.78. The first-order valence-electron chi connectivity index (χ1n) is 8.84. The van der Waals surface area contributed by atoms with Crippen molar-refractivity contribution in [2.75, 3.05) is 11.9 Å². The zero-order chi connectivity index (χ0) is 19.7. The van der Waals surface area contributed by atoms with Gasteiger partial charge in [-0.2, -0.15) is 0 Å². The van der Waals surface area contributed by atoms with Crippen molar-refractivity contribution < 1.29 is 14.0 Å². The van der Waals surface area contributed by atoms with Crippen LogP contribution in [-0.4, -0.2) is 28.2 Å². The maximum Gasteiger partial charge on any atom is 0.231 e. The average molecular weight is 460 g/mol. The molecule has 8 heteroatoms. The van der Waals surface area contributed by atoms with Gasteiger partial charge in [0.15, 0.2) is 5.13 Å². The number of rotatable bonds is 5. The van der Waals surface area contributed by atoms with Crippen molar-refractivity contribution in [1.29, 1.82) is 0 Å². The van der Waals surface area contributed by atoms with Gasteiger partial charge in [-0.1, -0.05) is 28.1 Å². The molecule has 1 aromatic carbocycles. The van der Waals surface area contributed by atoms with Crippen molar-refractivity contribution in [1.82, 2.24) is 9.88 Å². The number of amides is 2. The van der Waals surface area contributed by atoms with E-state index in [9.17, 15) is 9.59 Å². The van der Waals surface area contributed by atoms with E-state index in [-0.39, 0.29) is 24.2 Å². The number of anilines is 1. The SMILES string of the molecule is Cc1sc(NC(=O)C2CC(=O)N(Cc3ccco3)C2)nc1-c1ccc(Br)cc1. The fourth-order valence-electron chi connectivity index (χ4n) is 3.22. The molecular formula is C20H18BrN3O3S. The number of likely N-dealkylation sites (tertiary alicyclic amines) is 1. The fourth-order valence-corrected chi connectivity index (χ4v) is 4.33. The smallest absolute Gasteiger partial charge is 0.231 e. The van der Waals surface area contributed by atoms with Gasteiger partial charge in [-0.05, 0) is 31.2 Å². The summed E-state index contributed by atoms with van der Waals surface area (Å²) in [6, 6.07) is 11.5. The van der Waals surface area contributed by atoms with Crippen LogP contribution in [0.1, 0.15) is 17.1 Å². The van der Waals surface area contributed by atoms with Gasteiger partial charge >= 0.3 is 0 Å². The summed E-state index contributed by atoms with van der Waals surface area (Å²) in [5.41, 5.74) is 1.85. The number of carbonyl (C=O) groups is 2. The Kier molecular flexibility index (Phi) is 5.32. The van der Waals surface area contributed by atoms with E-state index in [2.05, 4.69) is 26.2 Å². The number of hydrogen-bond donors (Lipinski definition) is 1. The van der Waals surface area contributed by atoms with Crippen molar-refractivity contribution in [2.24, 2.45) is 5.92 Å². The van der Waals surface area contributed by atoms with Crippen LogP contribution in [0.5, 0.6) is 0 Å². The standard InChI is InChI=1S/C20H18BrN3O3S/c1-12-18(13-4-6-15(21)7-5-13)22-20(28-12)23-19(26)14-9-17(25)24(10-14)11-16-3-2-8-27-16/h2-8,14H,9-11H2,1H3,(H,22,23,26). The number of aromatic nitrogens is 1. The predicted molar refractivity (Wildman–Crippen MR) is 111 cm³/mol. The maximum atomic E-state index is 12.7. The van der Waals surface area contributed by atoms with Gasteiger partial charge in [0.05, 0.1) is 24.4 Å². The minimum Gasteiger partial charge on any atom is -0.467 e. The van der Waals surface area contributed by atoms with Gasteiger partial charge in [0.25, 0.3) is 0 Å². The molecule has 1 atom stereocenters. The second-order valence-electron chi connectivity index (χ2n) is 6.67. The monoisotopic (exact) mass is 459 g/mol. The van der Waals surface area contributed by atoms with Crippen LogP contribution in [0.15, 0.2) is 51.6 Å². The molecule has 6 nitrogen and oxygen atoms in total. The topological polar surface area (TPSA) is 75.4 Å². The number of nitrogens with one attached hydrogen (secondary N) is 1. The Morgan fingerprint density at radius 1 is 1.36 bits per heavy atom. The number of hydrogen-bond acceptors (Lipinski definition) is 5. The Balaban J connectivity index is 1.42. The van der Waals surface area contributed by atoms with Gasteiger partial charge in [-0.15, -0.1) is 11.3 Å². The molecular weight excluding hydrogens is 442 g/mol. The highest BCUT2D eigenvalue weighted by Crippen LogP contribution is 2.32. The summed E-state index contributed by atoms with van der Waals surface area (Å²) in [4.78, 5) is 32.1. The van der Waals surface area contributed by atoms with Crippen LogP contribution in [0, 0.1) is 12.8 Å². The molecule has 0 bridgehead atoms. The zero-order valence-corrected chi connectivity index (χ0v) is 17.5. The minimum atomic E-state index is -0.386. The van der Waals surface area contributed by atoms with E-state index in [0.717, 1.165) is 20.6 Å². The van der Waals surface area contributed by atoms with Crippen LogP contribution in [-0.2, 0) is 16.1 Å². The molecule has 28 heavy (non-hydrogen) atoms. The summed E-state index contributed by atoms with van der Waals surface area (Å²) < 4.78 is 6.30. The first-order chi connectivity index (χ1) is 13.5. The molecule has 0 radical (unpaired) electrons. The third kappa shape index (κ3) is 4.02. The largest absolute Gasteiger partial charge is 0.467 e. The minimum absolute atomic E-state index is 0.0394. The van der Waals surface area contributed by atoms with Crippen LogP contribution in [0.3, 0.4) is 0 Å². The number of carbonyl (C=O) groups excluding carboxylic acids is 2. The zero-order valence-electron chi connectivity index (χ0n) is 15.1. The molecule has 1 fully saturated rings. The Bertz CT molecular complexity index is 998. The van der Waals surface area contributed by atoms with Crippen molar-refractivity contribution in [3.63, 3.8) is 0 Å². The first-order valence-corrected chi connectivity index (χ1v) is 10.4. The van der Waals surface area contributed by atoms with Crippen LogP contribution in [0.4, 0.5) is 5.13 Å². The third-order valence-electron chi connectivity index (χ3n) is 4.66. The molecule has 1 saturated heterocycles. The third-order valence-corrected chi connectivity index (χ3v) is 6.07. The lowest BCUT2D eigenvalue weighted by Crippen LogP contribution is -2.27. The fraction of sp³-hybridized carbons (Fsp3) is 0.250. The Hall–Kier alpha value is -2.45. The van der Waals surface area contributed by atoms with Gasteiger partial charge in [0.1, 0.15) is 5.76 Å².